The van der Waals surface area contributed by atoms with E-state index < -0.39 is 0 Å². The molecular formula is C11H13BrO2. The zero-order valence-electron chi connectivity index (χ0n) is 8.13. The smallest absolute Gasteiger partial charge is 0.158 e. The summed E-state index contributed by atoms with van der Waals surface area (Å²) >= 11 is 3.35. The number of ketones is 1. The average Bonchev–Trinajstić information content (AvgIpc) is 2.21. The molecule has 3 heteroatoms. The lowest BCUT2D eigenvalue weighted by atomic mass is 10.2. The molecule has 2 nitrogen and oxygen atoms in total. The van der Waals surface area contributed by atoms with Crippen LogP contribution in [0.4, 0.5) is 0 Å². The van der Waals surface area contributed by atoms with E-state index in [4.69, 9.17) is 4.74 Å². The summed E-state index contributed by atoms with van der Waals surface area (Å²) in [4.78, 5) is 10.9. The van der Waals surface area contributed by atoms with Gasteiger partial charge in [0, 0.05) is 10.9 Å². The minimum absolute atomic E-state index is 0.141. The van der Waals surface area contributed by atoms with Crippen LogP contribution in [0.15, 0.2) is 28.7 Å². The summed E-state index contributed by atoms with van der Waals surface area (Å²) in [5.41, 5.74) is 1.08. The Morgan fingerprint density at radius 3 is 2.57 bits per heavy atom. The molecule has 0 heterocycles. The molecule has 0 radical (unpaired) electrons. The zero-order valence-corrected chi connectivity index (χ0v) is 9.71. The van der Waals surface area contributed by atoms with Gasteiger partial charge >= 0.3 is 0 Å². The standard InChI is InChI=1S/C11H13BrO2/c1-2-11(13)8-14-7-9-3-5-10(12)6-4-9/h3-6H,2,7-8H2,1H3. The van der Waals surface area contributed by atoms with Crippen molar-refractivity contribution in [2.45, 2.75) is 20.0 Å². The Labute approximate surface area is 92.4 Å². The van der Waals surface area contributed by atoms with E-state index in [2.05, 4.69) is 15.9 Å². The van der Waals surface area contributed by atoms with Crippen LogP contribution in [0, 0.1) is 0 Å². The highest BCUT2D eigenvalue weighted by Crippen LogP contribution is 2.11. The molecule has 0 N–H and O–H groups in total. The van der Waals surface area contributed by atoms with Gasteiger partial charge in [0.05, 0.1) is 6.61 Å². The second-order valence-electron chi connectivity index (χ2n) is 3.01. The van der Waals surface area contributed by atoms with Gasteiger partial charge in [-0.25, -0.2) is 0 Å². The van der Waals surface area contributed by atoms with Gasteiger partial charge < -0.3 is 4.74 Å². The number of ether oxygens (including phenoxy) is 1. The van der Waals surface area contributed by atoms with Crippen molar-refractivity contribution in [2.75, 3.05) is 6.61 Å². The average molecular weight is 257 g/mol. The van der Waals surface area contributed by atoms with Crippen LogP contribution in [-0.4, -0.2) is 12.4 Å². The lowest BCUT2D eigenvalue weighted by molar-refractivity contribution is -0.123. The largest absolute Gasteiger partial charge is 0.369 e. The summed E-state index contributed by atoms with van der Waals surface area (Å²) in [6.45, 7) is 2.55. The molecule has 0 aromatic heterocycles. The summed E-state index contributed by atoms with van der Waals surface area (Å²) in [5.74, 6) is 0.141. The molecule has 0 spiro atoms. The van der Waals surface area contributed by atoms with Gasteiger partial charge in [0.2, 0.25) is 0 Å². The first-order chi connectivity index (χ1) is 6.72. The minimum atomic E-state index is 0.141. The lowest BCUT2D eigenvalue weighted by Crippen LogP contribution is -2.06. The van der Waals surface area contributed by atoms with Crippen LogP contribution in [0.5, 0.6) is 0 Å². The number of benzene rings is 1. The van der Waals surface area contributed by atoms with Gasteiger partial charge in [-0.3, -0.25) is 4.79 Å². The SMILES string of the molecule is CCC(=O)COCc1ccc(Br)cc1. The number of Topliss-reactive ketones (excluding diaryl/α,β-unsaturated/α-hetero) is 1. The summed E-state index contributed by atoms with van der Waals surface area (Å²) in [6, 6.07) is 7.86. The number of hydrogen-bond donors (Lipinski definition) is 0. The molecule has 76 valence electrons. The fourth-order valence-corrected chi connectivity index (χ4v) is 1.23. The van der Waals surface area contributed by atoms with Crippen LogP contribution >= 0.6 is 15.9 Å². The van der Waals surface area contributed by atoms with Crippen molar-refractivity contribution in [1.82, 2.24) is 0 Å². The molecule has 0 fully saturated rings. The zero-order chi connectivity index (χ0) is 10.4. The van der Waals surface area contributed by atoms with Crippen LogP contribution in [0.25, 0.3) is 0 Å². The molecule has 0 aliphatic heterocycles. The van der Waals surface area contributed by atoms with E-state index in [-0.39, 0.29) is 12.4 Å². The molecule has 0 unspecified atom stereocenters. The van der Waals surface area contributed by atoms with Gasteiger partial charge in [0.15, 0.2) is 5.78 Å². The van der Waals surface area contributed by atoms with Crippen LogP contribution in [0.3, 0.4) is 0 Å². The molecule has 1 aromatic carbocycles. The maximum absolute atomic E-state index is 10.9. The summed E-state index contributed by atoms with van der Waals surface area (Å²) < 4.78 is 6.29. The summed E-state index contributed by atoms with van der Waals surface area (Å²) in [6.07, 6.45) is 0.542. The van der Waals surface area contributed by atoms with Crippen molar-refractivity contribution in [3.05, 3.63) is 34.3 Å². The first kappa shape index (κ1) is 11.4. The maximum atomic E-state index is 10.9. The monoisotopic (exact) mass is 256 g/mol. The van der Waals surface area contributed by atoms with Crippen LogP contribution < -0.4 is 0 Å². The summed E-state index contributed by atoms with van der Waals surface area (Å²) in [5, 5.41) is 0. The molecular weight excluding hydrogens is 244 g/mol. The first-order valence-electron chi connectivity index (χ1n) is 4.56. The number of rotatable bonds is 5. The van der Waals surface area contributed by atoms with Gasteiger partial charge in [-0.2, -0.15) is 0 Å². The molecule has 0 aliphatic carbocycles. The molecule has 0 amide bonds. The van der Waals surface area contributed by atoms with Crippen LogP contribution in [0.1, 0.15) is 18.9 Å². The van der Waals surface area contributed by atoms with Gasteiger partial charge in [-0.05, 0) is 17.7 Å². The third kappa shape index (κ3) is 4.03. The highest BCUT2D eigenvalue weighted by atomic mass is 79.9. The van der Waals surface area contributed by atoms with E-state index in [0.717, 1.165) is 10.0 Å². The van der Waals surface area contributed by atoms with Crippen molar-refractivity contribution in [3.8, 4) is 0 Å². The Morgan fingerprint density at radius 1 is 1.36 bits per heavy atom. The number of hydrogen-bond acceptors (Lipinski definition) is 2. The fourth-order valence-electron chi connectivity index (χ4n) is 0.965. The second-order valence-corrected chi connectivity index (χ2v) is 3.93. The normalized spacial score (nSPS) is 10.1. The Bertz CT molecular complexity index is 293. The van der Waals surface area contributed by atoms with Gasteiger partial charge in [0.1, 0.15) is 6.61 Å². The molecule has 0 aliphatic rings. The quantitative estimate of drug-likeness (QED) is 0.810. The Hall–Kier alpha value is -0.670. The van der Waals surface area contributed by atoms with Crippen molar-refractivity contribution >= 4 is 21.7 Å². The lowest BCUT2D eigenvalue weighted by Gasteiger charge is -2.02. The first-order valence-corrected chi connectivity index (χ1v) is 5.35. The van der Waals surface area contributed by atoms with Gasteiger partial charge in [-0.15, -0.1) is 0 Å². The van der Waals surface area contributed by atoms with E-state index in [1.165, 1.54) is 0 Å². The highest BCUT2D eigenvalue weighted by Gasteiger charge is 1.98. The highest BCUT2D eigenvalue weighted by molar-refractivity contribution is 9.10. The number of carbonyl (C=O) groups is 1. The Balaban J connectivity index is 2.31. The van der Waals surface area contributed by atoms with Crippen molar-refractivity contribution in [2.24, 2.45) is 0 Å². The third-order valence-electron chi connectivity index (χ3n) is 1.84. The predicted octanol–water partition coefficient (Wildman–Crippen LogP) is 2.94. The second kappa shape index (κ2) is 5.94. The topological polar surface area (TPSA) is 26.3 Å². The summed E-state index contributed by atoms with van der Waals surface area (Å²) in [7, 11) is 0. The fraction of sp³-hybridized carbons (Fsp3) is 0.364. The van der Waals surface area contributed by atoms with Crippen molar-refractivity contribution in [1.29, 1.82) is 0 Å². The van der Waals surface area contributed by atoms with E-state index in [0.29, 0.717) is 13.0 Å². The minimum Gasteiger partial charge on any atom is -0.369 e. The van der Waals surface area contributed by atoms with E-state index in [9.17, 15) is 4.79 Å². The van der Waals surface area contributed by atoms with Crippen molar-refractivity contribution < 1.29 is 9.53 Å². The maximum Gasteiger partial charge on any atom is 0.158 e. The number of halogens is 1. The van der Waals surface area contributed by atoms with Crippen molar-refractivity contribution in [3.63, 3.8) is 0 Å². The van der Waals surface area contributed by atoms with Crippen LogP contribution in [-0.2, 0) is 16.1 Å². The van der Waals surface area contributed by atoms with Gasteiger partial charge in [0.25, 0.3) is 0 Å². The predicted molar refractivity (Wildman–Crippen MR) is 59.1 cm³/mol. The number of carbonyl (C=O) groups excluding carboxylic acids is 1. The van der Waals surface area contributed by atoms with E-state index in [1.807, 2.05) is 31.2 Å². The molecule has 1 rings (SSSR count). The molecule has 14 heavy (non-hydrogen) atoms. The van der Waals surface area contributed by atoms with E-state index in [1.54, 1.807) is 0 Å². The molecule has 0 atom stereocenters. The Kier molecular flexibility index (Phi) is 4.84. The Morgan fingerprint density at radius 2 is 2.00 bits per heavy atom. The third-order valence-corrected chi connectivity index (χ3v) is 2.37. The molecule has 1 aromatic rings. The van der Waals surface area contributed by atoms with Crippen LogP contribution in [0.2, 0.25) is 0 Å². The van der Waals surface area contributed by atoms with E-state index >= 15 is 0 Å². The molecule has 0 bridgehead atoms. The van der Waals surface area contributed by atoms with Gasteiger partial charge in [-0.1, -0.05) is 35.0 Å². The molecule has 0 saturated carbocycles. The molecule has 0 saturated heterocycles.